The minimum absolute atomic E-state index is 0.236. The summed E-state index contributed by atoms with van der Waals surface area (Å²) in [5.74, 6) is 0.940. The molecule has 1 aliphatic carbocycles. The predicted octanol–water partition coefficient (Wildman–Crippen LogP) is 0.732. The van der Waals surface area contributed by atoms with E-state index in [0.717, 1.165) is 5.56 Å². The Morgan fingerprint density at radius 2 is 2.14 bits per heavy atom. The number of aliphatic hydroxyl groups is 1. The fraction of sp³-hybridized carbons (Fsp3) is 0.571. The monoisotopic (exact) mass is 314 g/mol. The van der Waals surface area contributed by atoms with Crippen LogP contribution in [0.1, 0.15) is 18.4 Å². The quantitative estimate of drug-likeness (QED) is 0.778. The zero-order chi connectivity index (χ0) is 15.5. The Hall–Kier alpha value is -1.15. The van der Waals surface area contributed by atoms with E-state index in [0.29, 0.717) is 25.1 Å². The molecule has 0 spiro atoms. The van der Waals surface area contributed by atoms with Gasteiger partial charge in [-0.15, -0.1) is 0 Å². The molecule has 6 nitrogen and oxygen atoms in total. The van der Waals surface area contributed by atoms with Crippen LogP contribution in [0.4, 0.5) is 0 Å². The van der Waals surface area contributed by atoms with Crippen LogP contribution in [0.25, 0.3) is 0 Å². The topological polar surface area (TPSA) is 78.9 Å². The highest BCUT2D eigenvalue weighted by Gasteiger charge is 2.29. The second-order valence-electron chi connectivity index (χ2n) is 5.45. The average molecular weight is 314 g/mol. The Balaban J connectivity index is 1.89. The van der Waals surface area contributed by atoms with Gasteiger partial charge in [0.2, 0.25) is 0 Å². The van der Waals surface area contributed by atoms with E-state index in [9.17, 15) is 13.5 Å². The number of methoxy groups -OCH3 is 1. The van der Waals surface area contributed by atoms with Crippen molar-refractivity contribution in [2.45, 2.75) is 25.5 Å². The number of nitrogens with zero attached hydrogens (tertiary/aromatic N) is 1. The third-order valence-electron chi connectivity index (χ3n) is 3.71. The van der Waals surface area contributed by atoms with Crippen LogP contribution in [0.2, 0.25) is 0 Å². The third kappa shape index (κ3) is 4.41. The van der Waals surface area contributed by atoms with Crippen LogP contribution in [0.3, 0.4) is 0 Å². The van der Waals surface area contributed by atoms with E-state index in [4.69, 9.17) is 4.74 Å². The smallest absolute Gasteiger partial charge is 0.279 e. The molecule has 0 aliphatic heterocycles. The Morgan fingerprint density at radius 1 is 1.43 bits per heavy atom. The van der Waals surface area contributed by atoms with E-state index in [-0.39, 0.29) is 18.6 Å². The van der Waals surface area contributed by atoms with Gasteiger partial charge in [0.25, 0.3) is 10.2 Å². The molecule has 21 heavy (non-hydrogen) atoms. The second-order valence-corrected chi connectivity index (χ2v) is 7.31. The summed E-state index contributed by atoms with van der Waals surface area (Å²) in [5.41, 5.74) is 0.862. The van der Waals surface area contributed by atoms with Gasteiger partial charge in [0.15, 0.2) is 0 Å². The normalized spacial score (nSPS) is 22.1. The van der Waals surface area contributed by atoms with Crippen molar-refractivity contribution in [1.82, 2.24) is 9.03 Å². The average Bonchev–Trinajstić information content (AvgIpc) is 2.42. The first-order chi connectivity index (χ1) is 9.90. The van der Waals surface area contributed by atoms with Crippen molar-refractivity contribution in [2.75, 3.05) is 20.7 Å². The molecule has 0 atom stereocenters. The van der Waals surface area contributed by atoms with Gasteiger partial charge in [-0.25, -0.2) is 4.72 Å². The van der Waals surface area contributed by atoms with Gasteiger partial charge in [-0.05, 0) is 36.5 Å². The first-order valence-electron chi connectivity index (χ1n) is 6.92. The summed E-state index contributed by atoms with van der Waals surface area (Å²) in [6.07, 6.45) is 1.07. The van der Waals surface area contributed by atoms with E-state index in [1.165, 1.54) is 11.4 Å². The van der Waals surface area contributed by atoms with Gasteiger partial charge in [0, 0.05) is 20.1 Å². The maximum Gasteiger partial charge on any atom is 0.279 e. The van der Waals surface area contributed by atoms with Gasteiger partial charge in [-0.3, -0.25) is 0 Å². The first kappa shape index (κ1) is 16.2. The van der Waals surface area contributed by atoms with E-state index >= 15 is 0 Å². The Bertz CT molecular complexity index is 570. The van der Waals surface area contributed by atoms with Gasteiger partial charge in [0.05, 0.1) is 13.2 Å². The molecular formula is C14H22N2O4S. The van der Waals surface area contributed by atoms with Crippen LogP contribution in [0.15, 0.2) is 24.3 Å². The van der Waals surface area contributed by atoms with Crippen molar-refractivity contribution in [1.29, 1.82) is 0 Å². The number of ether oxygens (including phenoxy) is 1. The Morgan fingerprint density at radius 3 is 2.76 bits per heavy atom. The summed E-state index contributed by atoms with van der Waals surface area (Å²) in [5, 5.41) is 9.20. The van der Waals surface area contributed by atoms with Gasteiger partial charge >= 0.3 is 0 Å². The van der Waals surface area contributed by atoms with Crippen molar-refractivity contribution in [2.24, 2.45) is 5.92 Å². The van der Waals surface area contributed by atoms with E-state index in [1.807, 2.05) is 24.3 Å². The van der Waals surface area contributed by atoms with Gasteiger partial charge in [-0.1, -0.05) is 12.1 Å². The number of hydrogen-bond donors (Lipinski definition) is 2. The van der Waals surface area contributed by atoms with Crippen molar-refractivity contribution in [3.8, 4) is 5.75 Å². The fourth-order valence-corrected chi connectivity index (χ4v) is 3.30. The molecule has 1 fully saturated rings. The standard InChI is InChI=1S/C14H22N2O4S/c1-16(10-11-4-3-5-14(8-11)20-2)21(18,19)15-9-12-6-13(17)7-12/h3-5,8,12-13,15,17H,6-7,9-10H2,1-2H3. The number of aliphatic hydroxyl groups excluding tert-OH is 1. The maximum atomic E-state index is 12.1. The number of rotatable bonds is 7. The SMILES string of the molecule is COc1cccc(CN(C)S(=O)(=O)NCC2CC(O)C2)c1. The Labute approximate surface area is 125 Å². The number of benzene rings is 1. The lowest BCUT2D eigenvalue weighted by molar-refractivity contribution is 0.0452. The van der Waals surface area contributed by atoms with Crippen LogP contribution in [0.5, 0.6) is 5.75 Å². The van der Waals surface area contributed by atoms with E-state index in [1.54, 1.807) is 7.11 Å². The molecule has 0 bridgehead atoms. The summed E-state index contributed by atoms with van der Waals surface area (Å²) in [7, 11) is -0.389. The van der Waals surface area contributed by atoms with Crippen molar-refractivity contribution in [3.05, 3.63) is 29.8 Å². The van der Waals surface area contributed by atoms with Crippen LogP contribution in [-0.2, 0) is 16.8 Å². The van der Waals surface area contributed by atoms with Gasteiger partial charge in [-0.2, -0.15) is 12.7 Å². The molecule has 1 saturated carbocycles. The van der Waals surface area contributed by atoms with E-state index < -0.39 is 10.2 Å². The molecule has 1 aromatic carbocycles. The van der Waals surface area contributed by atoms with E-state index in [2.05, 4.69) is 4.72 Å². The van der Waals surface area contributed by atoms with Gasteiger partial charge < -0.3 is 9.84 Å². The third-order valence-corrected chi connectivity index (χ3v) is 5.20. The first-order valence-corrected chi connectivity index (χ1v) is 8.36. The summed E-state index contributed by atoms with van der Waals surface area (Å²) in [6.45, 7) is 0.654. The maximum absolute atomic E-state index is 12.1. The van der Waals surface area contributed by atoms with Crippen molar-refractivity contribution in [3.63, 3.8) is 0 Å². The minimum Gasteiger partial charge on any atom is -0.497 e. The molecule has 0 aromatic heterocycles. The molecule has 118 valence electrons. The fourth-order valence-electron chi connectivity index (χ4n) is 2.31. The molecule has 0 saturated heterocycles. The van der Waals surface area contributed by atoms with Gasteiger partial charge in [0.1, 0.15) is 5.75 Å². The molecular weight excluding hydrogens is 292 g/mol. The number of nitrogens with one attached hydrogen (secondary N) is 1. The second kappa shape index (κ2) is 6.74. The van der Waals surface area contributed by atoms with Crippen molar-refractivity contribution >= 4 is 10.2 Å². The summed E-state index contributed by atoms with van der Waals surface area (Å²) in [6, 6.07) is 7.32. The molecule has 1 aromatic rings. The van der Waals surface area contributed by atoms with Crippen LogP contribution in [0, 0.1) is 5.92 Å². The lowest BCUT2D eigenvalue weighted by atomic mass is 9.83. The minimum atomic E-state index is -3.51. The van der Waals surface area contributed by atoms with Crippen LogP contribution >= 0.6 is 0 Å². The van der Waals surface area contributed by atoms with Crippen molar-refractivity contribution < 1.29 is 18.3 Å². The molecule has 0 heterocycles. The summed E-state index contributed by atoms with van der Waals surface area (Å²) >= 11 is 0. The molecule has 0 unspecified atom stereocenters. The molecule has 0 amide bonds. The highest BCUT2D eigenvalue weighted by Crippen LogP contribution is 2.26. The largest absolute Gasteiger partial charge is 0.497 e. The lowest BCUT2D eigenvalue weighted by Crippen LogP contribution is -2.43. The number of hydrogen-bond acceptors (Lipinski definition) is 4. The molecule has 0 radical (unpaired) electrons. The molecule has 2 rings (SSSR count). The van der Waals surface area contributed by atoms with Crippen LogP contribution in [-0.4, -0.2) is 44.6 Å². The molecule has 2 N–H and O–H groups in total. The molecule has 1 aliphatic rings. The highest BCUT2D eigenvalue weighted by atomic mass is 32.2. The summed E-state index contributed by atoms with van der Waals surface area (Å²) < 4.78 is 33.3. The summed E-state index contributed by atoms with van der Waals surface area (Å²) in [4.78, 5) is 0. The zero-order valence-electron chi connectivity index (χ0n) is 12.3. The van der Waals surface area contributed by atoms with Crippen LogP contribution < -0.4 is 9.46 Å². The molecule has 7 heteroatoms. The Kier molecular flexibility index (Phi) is 5.21. The highest BCUT2D eigenvalue weighted by molar-refractivity contribution is 7.87. The lowest BCUT2D eigenvalue weighted by Gasteiger charge is -2.31. The predicted molar refractivity (Wildman–Crippen MR) is 80.1 cm³/mol. The zero-order valence-corrected chi connectivity index (χ0v) is 13.1.